The van der Waals surface area contributed by atoms with Crippen LogP contribution < -0.4 is 10.3 Å². The maximum Gasteiger partial charge on any atom is 0.249 e. The second-order valence-electron chi connectivity index (χ2n) is 8.67. The lowest BCUT2D eigenvalue weighted by Crippen LogP contribution is -2.14. The van der Waals surface area contributed by atoms with Gasteiger partial charge in [0.25, 0.3) is 0 Å². The fraction of sp³-hybridized carbons (Fsp3) is 0.179. The van der Waals surface area contributed by atoms with Crippen molar-refractivity contribution < 1.29 is 4.74 Å². The Hall–Kier alpha value is -3.70. The van der Waals surface area contributed by atoms with Crippen LogP contribution >= 0.6 is 11.6 Å². The largest absolute Gasteiger partial charge is 0.489 e. The summed E-state index contributed by atoms with van der Waals surface area (Å²) in [5.41, 5.74) is 4.51. The normalized spacial score (nSPS) is 14.1. The van der Waals surface area contributed by atoms with Crippen molar-refractivity contribution in [2.75, 3.05) is 0 Å². The Labute approximate surface area is 201 Å². The fourth-order valence-corrected chi connectivity index (χ4v) is 5.08. The first-order chi connectivity index (χ1) is 16.7. The van der Waals surface area contributed by atoms with E-state index in [1.807, 2.05) is 48.5 Å². The molecule has 5 aromatic rings. The van der Waals surface area contributed by atoms with Crippen LogP contribution in [0.5, 0.6) is 5.75 Å². The molecule has 1 fully saturated rings. The molecule has 0 radical (unpaired) electrons. The molecular weight excluding hydrogens is 446 g/mol. The van der Waals surface area contributed by atoms with Gasteiger partial charge in [-0.25, -0.2) is 4.98 Å². The quantitative estimate of drug-likeness (QED) is 0.316. The van der Waals surface area contributed by atoms with Crippen LogP contribution in [0.3, 0.4) is 0 Å². The van der Waals surface area contributed by atoms with E-state index in [-0.39, 0.29) is 11.7 Å². The van der Waals surface area contributed by atoms with Gasteiger partial charge in [0.2, 0.25) is 5.56 Å². The summed E-state index contributed by atoms with van der Waals surface area (Å²) in [5, 5.41) is 2.29. The van der Waals surface area contributed by atoms with Crippen molar-refractivity contribution in [2.24, 2.45) is 0 Å². The highest BCUT2D eigenvalue weighted by Gasteiger charge is 2.25. The Balaban J connectivity index is 1.71. The van der Waals surface area contributed by atoms with Gasteiger partial charge in [-0.1, -0.05) is 48.0 Å². The van der Waals surface area contributed by atoms with Crippen LogP contribution in [0.1, 0.15) is 25.7 Å². The molecule has 0 spiro atoms. The maximum absolute atomic E-state index is 12.2. The summed E-state index contributed by atoms with van der Waals surface area (Å²) in [5.74, 6) is 0.728. The molecule has 0 amide bonds. The van der Waals surface area contributed by atoms with Gasteiger partial charge in [-0.05, 0) is 55.5 Å². The van der Waals surface area contributed by atoms with Gasteiger partial charge in [0, 0.05) is 23.2 Å². The molecular formula is C28H22ClN3O2. The first-order valence-corrected chi connectivity index (χ1v) is 11.9. The van der Waals surface area contributed by atoms with E-state index in [1.54, 1.807) is 12.3 Å². The predicted octanol–water partition coefficient (Wildman–Crippen LogP) is 6.78. The number of nitrogens with zero attached hydrogens (tertiary/aromatic N) is 2. The Bertz CT molecular complexity index is 1570. The summed E-state index contributed by atoms with van der Waals surface area (Å²) < 4.78 is 6.71. The lowest BCUT2D eigenvalue weighted by molar-refractivity contribution is 0.213. The van der Waals surface area contributed by atoms with Gasteiger partial charge in [0.1, 0.15) is 11.4 Å². The van der Waals surface area contributed by atoms with E-state index < -0.39 is 0 Å². The van der Waals surface area contributed by atoms with E-state index >= 15 is 0 Å². The molecule has 1 aliphatic carbocycles. The van der Waals surface area contributed by atoms with Crippen molar-refractivity contribution >= 4 is 33.5 Å². The molecule has 2 aromatic carbocycles. The minimum atomic E-state index is -0.196. The molecule has 0 bridgehead atoms. The van der Waals surface area contributed by atoms with Crippen molar-refractivity contribution in [3.05, 3.63) is 88.3 Å². The van der Waals surface area contributed by atoms with Crippen molar-refractivity contribution in [3.63, 3.8) is 0 Å². The van der Waals surface area contributed by atoms with Gasteiger partial charge in [0.05, 0.1) is 33.3 Å². The first kappa shape index (κ1) is 20.9. The zero-order valence-electron chi connectivity index (χ0n) is 18.4. The van der Waals surface area contributed by atoms with E-state index in [1.165, 1.54) is 6.07 Å². The van der Waals surface area contributed by atoms with E-state index in [0.717, 1.165) is 70.1 Å². The van der Waals surface area contributed by atoms with Gasteiger partial charge in [-0.2, -0.15) is 0 Å². The number of H-pyrrole nitrogens is 1. The van der Waals surface area contributed by atoms with E-state index in [2.05, 4.69) is 16.0 Å². The lowest BCUT2D eigenvalue weighted by Gasteiger charge is -2.21. The molecule has 3 heterocycles. The third-order valence-electron chi connectivity index (χ3n) is 6.41. The van der Waals surface area contributed by atoms with Crippen LogP contribution in [0.2, 0.25) is 5.02 Å². The van der Waals surface area contributed by atoms with Crippen LogP contribution in [0.25, 0.3) is 44.3 Å². The number of aromatic amines is 1. The predicted molar refractivity (Wildman–Crippen MR) is 136 cm³/mol. The molecule has 34 heavy (non-hydrogen) atoms. The Kier molecular flexibility index (Phi) is 5.27. The highest BCUT2D eigenvalue weighted by Crippen LogP contribution is 2.45. The average molecular weight is 468 g/mol. The molecule has 1 N–H and O–H groups in total. The summed E-state index contributed by atoms with van der Waals surface area (Å²) >= 11 is 6.70. The average Bonchev–Trinajstić information content (AvgIpc) is 3.37. The number of hydrogen-bond donors (Lipinski definition) is 1. The first-order valence-electron chi connectivity index (χ1n) is 11.5. The zero-order chi connectivity index (χ0) is 23.1. The van der Waals surface area contributed by atoms with Gasteiger partial charge in [-0.15, -0.1) is 0 Å². The highest BCUT2D eigenvalue weighted by atomic mass is 35.5. The SMILES string of the molecule is O=c1ccc2c(OC3CCCC3)c(-c3cc(Cl)c4ncccc4c3)c(-c3ccccc3)nc2[nH]1. The van der Waals surface area contributed by atoms with E-state index in [0.29, 0.717) is 10.7 Å². The molecule has 6 rings (SSSR count). The number of pyridine rings is 3. The second kappa shape index (κ2) is 8.58. The number of benzene rings is 2. The lowest BCUT2D eigenvalue weighted by atomic mass is 9.95. The van der Waals surface area contributed by atoms with Crippen molar-refractivity contribution in [2.45, 2.75) is 31.8 Å². The number of halogens is 1. The molecule has 5 nitrogen and oxygen atoms in total. The monoisotopic (exact) mass is 467 g/mol. The highest BCUT2D eigenvalue weighted by molar-refractivity contribution is 6.35. The molecule has 168 valence electrons. The van der Waals surface area contributed by atoms with Gasteiger partial charge >= 0.3 is 0 Å². The number of rotatable bonds is 4. The molecule has 1 saturated carbocycles. The maximum atomic E-state index is 12.2. The molecule has 0 unspecified atom stereocenters. The summed E-state index contributed by atoms with van der Waals surface area (Å²) in [7, 11) is 0. The molecule has 0 saturated heterocycles. The minimum absolute atomic E-state index is 0.123. The van der Waals surface area contributed by atoms with Gasteiger partial charge < -0.3 is 9.72 Å². The van der Waals surface area contributed by atoms with E-state index in [4.69, 9.17) is 21.3 Å². The number of fused-ring (bicyclic) bond motifs is 2. The van der Waals surface area contributed by atoms with Crippen LogP contribution in [-0.2, 0) is 0 Å². The van der Waals surface area contributed by atoms with Crippen LogP contribution in [0, 0.1) is 0 Å². The molecule has 6 heteroatoms. The number of ether oxygens (including phenoxy) is 1. The van der Waals surface area contributed by atoms with Gasteiger partial charge in [-0.3, -0.25) is 9.78 Å². The molecule has 3 aromatic heterocycles. The molecule has 1 aliphatic rings. The number of nitrogens with one attached hydrogen (secondary N) is 1. The Morgan fingerprint density at radius 1 is 0.941 bits per heavy atom. The van der Waals surface area contributed by atoms with Crippen LogP contribution in [0.15, 0.2) is 77.7 Å². The van der Waals surface area contributed by atoms with Crippen LogP contribution in [-0.4, -0.2) is 21.1 Å². The third kappa shape index (κ3) is 3.72. The number of hydrogen-bond acceptors (Lipinski definition) is 4. The van der Waals surface area contributed by atoms with Crippen molar-refractivity contribution in [1.82, 2.24) is 15.0 Å². The van der Waals surface area contributed by atoms with Crippen molar-refractivity contribution in [1.29, 1.82) is 0 Å². The third-order valence-corrected chi connectivity index (χ3v) is 6.70. The number of aromatic nitrogens is 3. The summed E-state index contributed by atoms with van der Waals surface area (Å²) in [6, 6.07) is 21.2. The standard InChI is InChI=1S/C28H22ClN3O2/c29-22-16-19(15-18-9-6-14-30-25(18)22)24-26(17-7-2-1-3-8-17)32-28-21(12-13-23(33)31-28)27(24)34-20-10-4-5-11-20/h1-3,6-9,12-16,20H,4-5,10-11H2,(H,31,32,33). The van der Waals surface area contributed by atoms with Crippen molar-refractivity contribution in [3.8, 4) is 28.1 Å². The molecule has 0 atom stereocenters. The second-order valence-corrected chi connectivity index (χ2v) is 9.08. The summed E-state index contributed by atoms with van der Waals surface area (Å²) in [4.78, 5) is 24.5. The minimum Gasteiger partial charge on any atom is -0.489 e. The summed E-state index contributed by atoms with van der Waals surface area (Å²) in [6.45, 7) is 0. The Morgan fingerprint density at radius 2 is 1.76 bits per heavy atom. The van der Waals surface area contributed by atoms with E-state index in [9.17, 15) is 4.79 Å². The topological polar surface area (TPSA) is 67.9 Å². The smallest absolute Gasteiger partial charge is 0.249 e. The van der Waals surface area contributed by atoms with Gasteiger partial charge in [0.15, 0.2) is 0 Å². The zero-order valence-corrected chi connectivity index (χ0v) is 19.2. The Morgan fingerprint density at radius 3 is 2.59 bits per heavy atom. The summed E-state index contributed by atoms with van der Waals surface area (Å²) in [6.07, 6.45) is 6.19. The fourth-order valence-electron chi connectivity index (χ4n) is 4.81. The molecule has 0 aliphatic heterocycles. The van der Waals surface area contributed by atoms with Crippen LogP contribution in [0.4, 0.5) is 0 Å².